The Morgan fingerprint density at radius 2 is 2.14 bits per heavy atom. The molecule has 0 saturated carbocycles. The maximum absolute atomic E-state index is 10.9. The molecule has 0 spiro atoms. The van der Waals surface area contributed by atoms with Gasteiger partial charge in [0.05, 0.1) is 12.0 Å². The Labute approximate surface area is 128 Å². The van der Waals surface area contributed by atoms with Gasteiger partial charge in [0.1, 0.15) is 5.82 Å². The average molecular weight is 302 g/mol. The maximum atomic E-state index is 10.9. The number of hydrogen-bond acceptors (Lipinski definition) is 6. The fraction of sp³-hybridized carbons (Fsp3) is 0.267. The SMILES string of the molecule is COc1cc(NCc2cccnc2N(C)C)ccc1[N+](=O)[O-]. The van der Waals surface area contributed by atoms with Gasteiger partial charge in [0, 0.05) is 50.2 Å². The van der Waals surface area contributed by atoms with Gasteiger partial charge in [-0.2, -0.15) is 0 Å². The molecule has 2 aromatic rings. The standard InChI is InChI=1S/C15H18N4O3/c1-18(2)15-11(5-4-8-16-15)10-17-12-6-7-13(19(20)21)14(9-12)22-3/h4-9,17H,10H2,1-3H3. The number of nitrogens with zero attached hydrogens (tertiary/aromatic N) is 3. The largest absolute Gasteiger partial charge is 0.490 e. The topological polar surface area (TPSA) is 80.5 Å². The normalized spacial score (nSPS) is 10.1. The van der Waals surface area contributed by atoms with Crippen molar-refractivity contribution in [2.75, 3.05) is 31.4 Å². The molecule has 1 aromatic heterocycles. The minimum Gasteiger partial charge on any atom is -0.490 e. The first-order valence-corrected chi connectivity index (χ1v) is 6.70. The van der Waals surface area contributed by atoms with Crippen molar-refractivity contribution >= 4 is 17.2 Å². The summed E-state index contributed by atoms with van der Waals surface area (Å²) in [6, 6.07) is 8.56. The van der Waals surface area contributed by atoms with Crippen LogP contribution in [0, 0.1) is 10.1 Å². The predicted octanol–water partition coefficient (Wildman–Crippen LogP) is 2.68. The van der Waals surface area contributed by atoms with E-state index in [1.54, 1.807) is 18.3 Å². The van der Waals surface area contributed by atoms with Crippen LogP contribution in [0.2, 0.25) is 0 Å². The molecule has 116 valence electrons. The lowest BCUT2D eigenvalue weighted by Gasteiger charge is -2.16. The molecule has 1 aromatic carbocycles. The molecule has 7 nitrogen and oxygen atoms in total. The number of anilines is 2. The van der Waals surface area contributed by atoms with Crippen LogP contribution in [0.15, 0.2) is 36.5 Å². The maximum Gasteiger partial charge on any atom is 0.311 e. The van der Waals surface area contributed by atoms with E-state index in [0.717, 1.165) is 17.1 Å². The zero-order valence-corrected chi connectivity index (χ0v) is 12.7. The number of ether oxygens (including phenoxy) is 1. The van der Waals surface area contributed by atoms with E-state index in [4.69, 9.17) is 4.74 Å². The molecule has 2 rings (SSSR count). The lowest BCUT2D eigenvalue weighted by Crippen LogP contribution is -2.14. The summed E-state index contributed by atoms with van der Waals surface area (Å²) >= 11 is 0. The van der Waals surface area contributed by atoms with Gasteiger partial charge in [-0.1, -0.05) is 6.07 Å². The zero-order chi connectivity index (χ0) is 16.1. The van der Waals surface area contributed by atoms with Crippen LogP contribution in [0.3, 0.4) is 0 Å². The fourth-order valence-electron chi connectivity index (χ4n) is 2.11. The van der Waals surface area contributed by atoms with Crippen LogP contribution in [0.1, 0.15) is 5.56 Å². The Morgan fingerprint density at radius 3 is 2.77 bits per heavy atom. The molecule has 22 heavy (non-hydrogen) atoms. The molecule has 0 saturated heterocycles. The minimum absolute atomic E-state index is 0.0524. The first-order chi connectivity index (χ1) is 10.5. The Morgan fingerprint density at radius 1 is 1.36 bits per heavy atom. The predicted molar refractivity (Wildman–Crippen MR) is 85.5 cm³/mol. The number of aromatic nitrogens is 1. The molecule has 0 unspecified atom stereocenters. The third kappa shape index (κ3) is 3.43. The van der Waals surface area contributed by atoms with E-state index in [1.165, 1.54) is 13.2 Å². The quantitative estimate of drug-likeness (QED) is 0.652. The van der Waals surface area contributed by atoms with E-state index in [9.17, 15) is 10.1 Å². The molecule has 0 radical (unpaired) electrons. The summed E-state index contributed by atoms with van der Waals surface area (Å²) in [5.74, 6) is 1.11. The average Bonchev–Trinajstić information content (AvgIpc) is 2.52. The van der Waals surface area contributed by atoms with Crippen molar-refractivity contribution in [3.05, 3.63) is 52.2 Å². The van der Waals surface area contributed by atoms with Gasteiger partial charge in [-0.05, 0) is 12.1 Å². The van der Waals surface area contributed by atoms with E-state index in [0.29, 0.717) is 6.54 Å². The third-order valence-electron chi connectivity index (χ3n) is 3.15. The molecule has 0 bridgehead atoms. The van der Waals surface area contributed by atoms with Crippen molar-refractivity contribution in [1.29, 1.82) is 0 Å². The highest BCUT2D eigenvalue weighted by molar-refractivity contribution is 5.58. The molecule has 1 heterocycles. The second kappa shape index (κ2) is 6.75. The van der Waals surface area contributed by atoms with Crippen molar-refractivity contribution in [3.63, 3.8) is 0 Å². The number of methoxy groups -OCH3 is 1. The molecule has 0 atom stereocenters. The highest BCUT2D eigenvalue weighted by atomic mass is 16.6. The van der Waals surface area contributed by atoms with Gasteiger partial charge < -0.3 is 15.0 Å². The van der Waals surface area contributed by atoms with Gasteiger partial charge in [0.2, 0.25) is 0 Å². The van der Waals surface area contributed by atoms with E-state index in [1.807, 2.05) is 31.1 Å². The Kier molecular flexibility index (Phi) is 4.77. The highest BCUT2D eigenvalue weighted by Gasteiger charge is 2.14. The Balaban J connectivity index is 2.17. The second-order valence-electron chi connectivity index (χ2n) is 4.88. The first-order valence-electron chi connectivity index (χ1n) is 6.70. The molecule has 0 aliphatic carbocycles. The van der Waals surface area contributed by atoms with Crippen LogP contribution in [0.4, 0.5) is 17.2 Å². The summed E-state index contributed by atoms with van der Waals surface area (Å²) in [5, 5.41) is 14.1. The number of benzene rings is 1. The summed E-state index contributed by atoms with van der Waals surface area (Å²) < 4.78 is 5.06. The van der Waals surface area contributed by atoms with Gasteiger partial charge >= 0.3 is 5.69 Å². The highest BCUT2D eigenvalue weighted by Crippen LogP contribution is 2.30. The molecular weight excluding hydrogens is 284 g/mol. The molecule has 0 amide bonds. The number of nitro benzene ring substituents is 1. The Hall–Kier alpha value is -2.83. The lowest BCUT2D eigenvalue weighted by molar-refractivity contribution is -0.385. The van der Waals surface area contributed by atoms with Gasteiger partial charge in [-0.25, -0.2) is 4.98 Å². The molecule has 1 N–H and O–H groups in total. The van der Waals surface area contributed by atoms with Crippen molar-refractivity contribution in [1.82, 2.24) is 4.98 Å². The third-order valence-corrected chi connectivity index (χ3v) is 3.15. The van der Waals surface area contributed by atoms with Gasteiger partial charge in [-0.15, -0.1) is 0 Å². The van der Waals surface area contributed by atoms with Crippen LogP contribution >= 0.6 is 0 Å². The number of nitrogens with one attached hydrogen (secondary N) is 1. The number of rotatable bonds is 6. The van der Waals surface area contributed by atoms with Gasteiger partial charge in [-0.3, -0.25) is 10.1 Å². The van der Waals surface area contributed by atoms with E-state index in [2.05, 4.69) is 10.3 Å². The summed E-state index contributed by atoms with van der Waals surface area (Å²) in [4.78, 5) is 16.7. The van der Waals surface area contributed by atoms with Crippen molar-refractivity contribution in [2.24, 2.45) is 0 Å². The number of pyridine rings is 1. The fourth-order valence-corrected chi connectivity index (χ4v) is 2.11. The van der Waals surface area contributed by atoms with Crippen LogP contribution in [0.25, 0.3) is 0 Å². The summed E-state index contributed by atoms with van der Waals surface area (Å²) in [5.41, 5.74) is 1.73. The summed E-state index contributed by atoms with van der Waals surface area (Å²) in [7, 11) is 5.28. The molecule has 0 fully saturated rings. The molecule has 0 aliphatic heterocycles. The molecule has 7 heteroatoms. The minimum atomic E-state index is -0.464. The summed E-state index contributed by atoms with van der Waals surface area (Å²) in [6.45, 7) is 0.558. The van der Waals surface area contributed by atoms with Crippen LogP contribution in [-0.2, 0) is 6.54 Å². The Bertz CT molecular complexity index is 674. The smallest absolute Gasteiger partial charge is 0.311 e. The van der Waals surface area contributed by atoms with Crippen molar-refractivity contribution in [3.8, 4) is 5.75 Å². The lowest BCUT2D eigenvalue weighted by atomic mass is 10.2. The van der Waals surface area contributed by atoms with Gasteiger partial charge in [0.25, 0.3) is 0 Å². The van der Waals surface area contributed by atoms with E-state index < -0.39 is 4.92 Å². The van der Waals surface area contributed by atoms with Crippen LogP contribution < -0.4 is 15.0 Å². The van der Waals surface area contributed by atoms with E-state index in [-0.39, 0.29) is 11.4 Å². The van der Waals surface area contributed by atoms with Crippen LogP contribution in [-0.4, -0.2) is 31.1 Å². The van der Waals surface area contributed by atoms with Crippen LogP contribution in [0.5, 0.6) is 5.75 Å². The second-order valence-corrected chi connectivity index (χ2v) is 4.88. The zero-order valence-electron chi connectivity index (χ0n) is 12.7. The molecule has 0 aliphatic rings. The number of nitro groups is 1. The van der Waals surface area contributed by atoms with E-state index >= 15 is 0 Å². The van der Waals surface area contributed by atoms with Gasteiger partial charge in [0.15, 0.2) is 5.75 Å². The monoisotopic (exact) mass is 302 g/mol. The number of hydrogen-bond donors (Lipinski definition) is 1. The first kappa shape index (κ1) is 15.6. The summed E-state index contributed by atoms with van der Waals surface area (Å²) in [6.07, 6.45) is 1.74. The van der Waals surface area contributed by atoms with Crippen molar-refractivity contribution < 1.29 is 9.66 Å². The molecular formula is C15H18N4O3. The van der Waals surface area contributed by atoms with Crippen molar-refractivity contribution in [2.45, 2.75) is 6.54 Å².